The molecule has 0 aromatic rings. The van der Waals surface area contributed by atoms with Crippen molar-refractivity contribution in [1.82, 2.24) is 0 Å². The first-order valence-electron chi connectivity index (χ1n) is 18.6. The van der Waals surface area contributed by atoms with Crippen LogP contribution in [0.3, 0.4) is 0 Å². The topological polar surface area (TPSA) is 64.6 Å². The summed E-state index contributed by atoms with van der Waals surface area (Å²) in [4.78, 5) is 0. The van der Waals surface area contributed by atoms with Crippen LogP contribution in [0.4, 0.5) is 0 Å². The minimum absolute atomic E-state index is 0.438. The Morgan fingerprint density at radius 1 is 0.378 bits per heavy atom. The summed E-state index contributed by atoms with van der Waals surface area (Å²) in [6.45, 7) is 9.28. The predicted octanol–water partition coefficient (Wildman–Crippen LogP) is 11.4. The molecule has 0 bridgehead atoms. The van der Waals surface area contributed by atoms with Gasteiger partial charge in [-0.1, -0.05) is 129 Å². The first-order chi connectivity index (χ1) is 22.1. The fraction of sp³-hybridized carbons (Fsp3) is 0.895. The van der Waals surface area contributed by atoms with Crippen molar-refractivity contribution in [2.24, 2.45) is 0 Å². The van der Waals surface area contributed by atoms with E-state index in [4.69, 9.17) is 33.2 Å². The molecule has 0 saturated carbocycles. The molecular formula is C38H74O7. The van der Waals surface area contributed by atoms with Gasteiger partial charge in [-0.05, 0) is 26.7 Å². The molecule has 2 atom stereocenters. The highest BCUT2D eigenvalue weighted by Gasteiger charge is 2.30. The van der Waals surface area contributed by atoms with Gasteiger partial charge in [-0.2, -0.15) is 0 Å². The van der Waals surface area contributed by atoms with Crippen LogP contribution in [-0.2, 0) is 33.2 Å². The van der Waals surface area contributed by atoms with E-state index in [2.05, 4.69) is 13.8 Å². The molecule has 7 heteroatoms. The zero-order valence-electron chi connectivity index (χ0n) is 31.0. The SMILES string of the molecule is CCCCCCCCCCCCC(OC)=C(OC)C(OCC)OC(OCC)C(OC)=C(CCCCCCCCCCCC)OC. The molecule has 0 aromatic heterocycles. The largest absolute Gasteiger partial charge is 0.497 e. The number of hydrogen-bond acceptors (Lipinski definition) is 7. The van der Waals surface area contributed by atoms with E-state index < -0.39 is 12.6 Å². The molecule has 0 aliphatic carbocycles. The second kappa shape index (κ2) is 32.5. The van der Waals surface area contributed by atoms with Crippen molar-refractivity contribution in [1.29, 1.82) is 0 Å². The molecule has 0 aliphatic rings. The van der Waals surface area contributed by atoms with E-state index in [1.165, 1.54) is 103 Å². The summed E-state index contributed by atoms with van der Waals surface area (Å²) in [5.41, 5.74) is 0. The van der Waals surface area contributed by atoms with E-state index in [1.807, 2.05) is 13.8 Å². The third-order valence-electron chi connectivity index (χ3n) is 8.31. The molecule has 268 valence electrons. The third-order valence-corrected chi connectivity index (χ3v) is 8.31. The van der Waals surface area contributed by atoms with E-state index in [9.17, 15) is 0 Å². The standard InChI is InChI=1S/C38H74O7/c1-9-13-15-17-19-21-23-25-27-29-31-33(39-5)35(41-7)37(43-11-3)45-38(44-12-4)36(42-8)34(40-6)32-30-28-26-24-22-20-18-16-14-10-2/h37-38H,9-32H2,1-8H3. The van der Waals surface area contributed by atoms with Crippen LogP contribution in [0.1, 0.15) is 169 Å². The first kappa shape index (κ1) is 43.6. The van der Waals surface area contributed by atoms with Crippen LogP contribution in [0.15, 0.2) is 23.0 Å². The van der Waals surface area contributed by atoms with Crippen molar-refractivity contribution in [3.63, 3.8) is 0 Å². The first-order valence-corrected chi connectivity index (χ1v) is 18.6. The molecule has 0 aromatic carbocycles. The lowest BCUT2D eigenvalue weighted by molar-refractivity contribution is -0.237. The van der Waals surface area contributed by atoms with Gasteiger partial charge in [-0.15, -0.1) is 0 Å². The van der Waals surface area contributed by atoms with Crippen LogP contribution in [0, 0.1) is 0 Å². The molecule has 0 N–H and O–H groups in total. The third kappa shape index (κ3) is 21.9. The Bertz CT molecular complexity index is 648. The monoisotopic (exact) mass is 643 g/mol. The van der Waals surface area contributed by atoms with Crippen molar-refractivity contribution in [3.05, 3.63) is 23.0 Å². The van der Waals surface area contributed by atoms with Crippen LogP contribution < -0.4 is 0 Å². The number of methoxy groups -OCH3 is 4. The molecule has 0 rings (SSSR count). The zero-order chi connectivity index (χ0) is 33.4. The van der Waals surface area contributed by atoms with Gasteiger partial charge in [0.2, 0.25) is 12.6 Å². The smallest absolute Gasteiger partial charge is 0.223 e. The van der Waals surface area contributed by atoms with Crippen molar-refractivity contribution in [3.8, 4) is 0 Å². The molecule has 0 radical (unpaired) electrons. The van der Waals surface area contributed by atoms with Crippen LogP contribution in [0.25, 0.3) is 0 Å². The lowest BCUT2D eigenvalue weighted by Crippen LogP contribution is -2.32. The van der Waals surface area contributed by atoms with Gasteiger partial charge in [0.05, 0.1) is 28.4 Å². The minimum atomic E-state index is -0.810. The number of hydrogen-bond donors (Lipinski definition) is 0. The van der Waals surface area contributed by atoms with E-state index in [0.29, 0.717) is 24.7 Å². The Hall–Kier alpha value is -1.44. The van der Waals surface area contributed by atoms with Gasteiger partial charge in [0, 0.05) is 26.1 Å². The van der Waals surface area contributed by atoms with Gasteiger partial charge < -0.3 is 33.2 Å². The van der Waals surface area contributed by atoms with Crippen LogP contribution >= 0.6 is 0 Å². The summed E-state index contributed by atoms with van der Waals surface area (Å²) in [7, 11) is 6.64. The van der Waals surface area contributed by atoms with Crippen LogP contribution in [0.2, 0.25) is 0 Å². The molecule has 0 fully saturated rings. The highest BCUT2D eigenvalue weighted by atomic mass is 16.8. The summed E-state index contributed by atoms with van der Waals surface area (Å²) in [6.07, 6.45) is 25.5. The molecule has 7 nitrogen and oxygen atoms in total. The Kier molecular flexibility index (Phi) is 31.5. The van der Waals surface area contributed by atoms with Gasteiger partial charge in [-0.3, -0.25) is 0 Å². The van der Waals surface area contributed by atoms with Crippen molar-refractivity contribution in [2.45, 2.75) is 182 Å². The maximum absolute atomic E-state index is 6.43. The average molecular weight is 643 g/mol. The number of allylic oxidation sites excluding steroid dienone is 2. The Morgan fingerprint density at radius 2 is 0.667 bits per heavy atom. The molecule has 0 amide bonds. The van der Waals surface area contributed by atoms with Crippen LogP contribution in [0.5, 0.6) is 0 Å². The van der Waals surface area contributed by atoms with Gasteiger partial charge in [-0.25, -0.2) is 0 Å². The normalized spacial score (nSPS) is 14.0. The summed E-state index contributed by atoms with van der Waals surface area (Å²) < 4.78 is 41.8. The summed E-state index contributed by atoms with van der Waals surface area (Å²) in [5, 5.41) is 0. The molecule has 0 aliphatic heterocycles. The fourth-order valence-corrected chi connectivity index (χ4v) is 5.65. The molecular weight excluding hydrogens is 568 g/mol. The quantitative estimate of drug-likeness (QED) is 0.0393. The van der Waals surface area contributed by atoms with Gasteiger partial charge in [0.15, 0.2) is 11.5 Å². The molecule has 2 unspecified atom stereocenters. The van der Waals surface area contributed by atoms with Crippen molar-refractivity contribution >= 4 is 0 Å². The highest BCUT2D eigenvalue weighted by Crippen LogP contribution is 2.27. The zero-order valence-corrected chi connectivity index (χ0v) is 31.0. The van der Waals surface area contributed by atoms with E-state index in [1.54, 1.807) is 28.4 Å². The average Bonchev–Trinajstić information content (AvgIpc) is 3.05. The minimum Gasteiger partial charge on any atom is -0.497 e. The number of ether oxygens (including phenoxy) is 7. The Morgan fingerprint density at radius 3 is 0.911 bits per heavy atom. The second-order valence-corrected chi connectivity index (χ2v) is 12.0. The fourth-order valence-electron chi connectivity index (χ4n) is 5.65. The summed E-state index contributed by atoms with van der Waals surface area (Å²) >= 11 is 0. The molecule has 0 heterocycles. The number of unbranched alkanes of at least 4 members (excludes halogenated alkanes) is 18. The van der Waals surface area contributed by atoms with E-state index in [-0.39, 0.29) is 0 Å². The van der Waals surface area contributed by atoms with Crippen molar-refractivity contribution < 1.29 is 33.2 Å². The molecule has 0 spiro atoms. The van der Waals surface area contributed by atoms with Gasteiger partial charge in [0.1, 0.15) is 11.5 Å². The lowest BCUT2D eigenvalue weighted by atomic mass is 10.1. The van der Waals surface area contributed by atoms with Crippen molar-refractivity contribution in [2.75, 3.05) is 41.7 Å². The van der Waals surface area contributed by atoms with Crippen LogP contribution in [-0.4, -0.2) is 54.2 Å². The maximum atomic E-state index is 6.43. The van der Waals surface area contributed by atoms with E-state index >= 15 is 0 Å². The highest BCUT2D eigenvalue weighted by molar-refractivity contribution is 5.08. The van der Waals surface area contributed by atoms with E-state index in [0.717, 1.165) is 50.0 Å². The Labute approximate surface area is 279 Å². The lowest BCUT2D eigenvalue weighted by Gasteiger charge is -2.28. The molecule has 45 heavy (non-hydrogen) atoms. The Balaban J connectivity index is 5.24. The van der Waals surface area contributed by atoms with Gasteiger partial charge >= 0.3 is 0 Å². The number of rotatable bonds is 34. The second-order valence-electron chi connectivity index (χ2n) is 12.0. The van der Waals surface area contributed by atoms with Gasteiger partial charge in [0.25, 0.3) is 0 Å². The summed E-state index contributed by atoms with van der Waals surface area (Å²) in [6, 6.07) is 0. The maximum Gasteiger partial charge on any atom is 0.223 e. The molecule has 0 saturated heterocycles. The summed E-state index contributed by atoms with van der Waals surface area (Å²) in [5.74, 6) is 2.55. The predicted molar refractivity (Wildman–Crippen MR) is 187 cm³/mol.